The van der Waals surface area contributed by atoms with Gasteiger partial charge < -0.3 is 10.4 Å². The lowest BCUT2D eigenvalue weighted by Crippen LogP contribution is -2.44. The Morgan fingerprint density at radius 3 is 2.50 bits per heavy atom. The minimum absolute atomic E-state index is 0.0137. The first-order valence-electron chi connectivity index (χ1n) is 5.96. The fourth-order valence-corrected chi connectivity index (χ4v) is 2.09. The number of rotatable bonds is 4. The minimum Gasteiger partial charge on any atom is -0.481 e. The summed E-state index contributed by atoms with van der Waals surface area (Å²) in [5.74, 6) is -1.68. The first-order chi connectivity index (χ1) is 8.43. The zero-order chi connectivity index (χ0) is 13.7. The van der Waals surface area contributed by atoms with Crippen molar-refractivity contribution >= 4 is 17.9 Å². The van der Waals surface area contributed by atoms with Crippen LogP contribution in [0.4, 0.5) is 4.79 Å². The Hall–Kier alpha value is -1.63. The van der Waals surface area contributed by atoms with Crippen LogP contribution in [0.5, 0.6) is 0 Å². The molecule has 0 spiro atoms. The summed E-state index contributed by atoms with van der Waals surface area (Å²) in [4.78, 5) is 35.3. The molecule has 0 aromatic rings. The van der Waals surface area contributed by atoms with Crippen molar-refractivity contribution in [2.75, 3.05) is 26.2 Å². The molecule has 0 saturated carbocycles. The third-order valence-corrected chi connectivity index (χ3v) is 2.96. The predicted octanol–water partition coefficient (Wildman–Crippen LogP) is -0.515. The largest absolute Gasteiger partial charge is 0.481 e. The quantitative estimate of drug-likeness (QED) is 0.629. The summed E-state index contributed by atoms with van der Waals surface area (Å²) in [6.45, 7) is 5.00. The maximum Gasteiger partial charge on any atom is 0.321 e. The molecule has 1 heterocycles. The number of likely N-dealkylation sites (tertiary alicyclic amines) is 1. The zero-order valence-electron chi connectivity index (χ0n) is 10.6. The second-order valence-electron chi connectivity index (χ2n) is 4.52. The van der Waals surface area contributed by atoms with Crippen molar-refractivity contribution in [3.63, 3.8) is 0 Å². The number of urea groups is 1. The van der Waals surface area contributed by atoms with Gasteiger partial charge in [0.05, 0.1) is 12.5 Å². The van der Waals surface area contributed by atoms with Gasteiger partial charge in [0.25, 0.3) is 0 Å². The van der Waals surface area contributed by atoms with Crippen LogP contribution in [0.3, 0.4) is 0 Å². The van der Waals surface area contributed by atoms with Crippen LogP contribution in [0.1, 0.15) is 13.8 Å². The van der Waals surface area contributed by atoms with Gasteiger partial charge in [0.15, 0.2) is 0 Å². The number of aliphatic carboxylic acids is 1. The van der Waals surface area contributed by atoms with Crippen molar-refractivity contribution in [2.45, 2.75) is 13.8 Å². The van der Waals surface area contributed by atoms with E-state index in [9.17, 15) is 14.4 Å². The van der Waals surface area contributed by atoms with Gasteiger partial charge in [-0.25, -0.2) is 4.79 Å². The maximum absolute atomic E-state index is 11.5. The molecule has 0 aliphatic carbocycles. The van der Waals surface area contributed by atoms with Gasteiger partial charge in [-0.3, -0.25) is 19.8 Å². The van der Waals surface area contributed by atoms with E-state index in [1.54, 1.807) is 11.8 Å². The third-order valence-electron chi connectivity index (χ3n) is 2.96. The highest BCUT2D eigenvalue weighted by molar-refractivity contribution is 5.95. The van der Waals surface area contributed by atoms with Gasteiger partial charge in [-0.05, 0) is 12.8 Å². The summed E-state index contributed by atoms with van der Waals surface area (Å²) in [5.41, 5.74) is 0. The second-order valence-corrected chi connectivity index (χ2v) is 4.52. The molecule has 7 nitrogen and oxygen atoms in total. The molecule has 1 rings (SSSR count). The van der Waals surface area contributed by atoms with Gasteiger partial charge in [-0.15, -0.1) is 0 Å². The van der Waals surface area contributed by atoms with Crippen LogP contribution in [-0.2, 0) is 9.59 Å². The van der Waals surface area contributed by atoms with E-state index in [1.807, 2.05) is 6.92 Å². The molecule has 0 aromatic carbocycles. The fraction of sp³-hybridized carbons (Fsp3) is 0.727. The molecule has 1 aliphatic heterocycles. The van der Waals surface area contributed by atoms with E-state index >= 15 is 0 Å². The number of carboxylic acid groups (broad SMARTS) is 1. The predicted molar refractivity (Wildman–Crippen MR) is 63.9 cm³/mol. The van der Waals surface area contributed by atoms with Crippen molar-refractivity contribution < 1.29 is 19.5 Å². The smallest absolute Gasteiger partial charge is 0.321 e. The minimum atomic E-state index is -0.839. The molecule has 3 N–H and O–H groups in total. The lowest BCUT2D eigenvalue weighted by atomic mass is 9.99. The highest BCUT2D eigenvalue weighted by atomic mass is 16.4. The molecule has 3 amide bonds. The third kappa shape index (κ3) is 3.99. The normalized spacial score (nSPS) is 23.7. The number of hydrogen-bond acceptors (Lipinski definition) is 4. The molecule has 1 aliphatic rings. The Balaban J connectivity index is 2.38. The highest BCUT2D eigenvalue weighted by Gasteiger charge is 2.35. The van der Waals surface area contributed by atoms with Crippen molar-refractivity contribution in [1.82, 2.24) is 15.5 Å². The molecule has 7 heteroatoms. The summed E-state index contributed by atoms with van der Waals surface area (Å²) in [6.07, 6.45) is 0. The molecule has 1 fully saturated rings. The molecule has 102 valence electrons. The number of amides is 3. The van der Waals surface area contributed by atoms with Crippen molar-refractivity contribution in [3.8, 4) is 0 Å². The van der Waals surface area contributed by atoms with Crippen LogP contribution in [0, 0.1) is 11.8 Å². The summed E-state index contributed by atoms with van der Waals surface area (Å²) >= 11 is 0. The topological polar surface area (TPSA) is 98.7 Å². The fourth-order valence-electron chi connectivity index (χ4n) is 2.09. The number of hydrogen-bond donors (Lipinski definition) is 3. The number of carbonyl (C=O) groups excluding carboxylic acids is 2. The number of carbonyl (C=O) groups is 3. The first-order valence-corrected chi connectivity index (χ1v) is 5.96. The van der Waals surface area contributed by atoms with Crippen LogP contribution in [0.2, 0.25) is 0 Å². The Kier molecular flexibility index (Phi) is 5.08. The van der Waals surface area contributed by atoms with E-state index in [-0.39, 0.29) is 12.5 Å². The summed E-state index contributed by atoms with van der Waals surface area (Å²) in [7, 11) is 0. The van der Waals surface area contributed by atoms with Crippen molar-refractivity contribution in [1.29, 1.82) is 0 Å². The first kappa shape index (κ1) is 14.4. The van der Waals surface area contributed by atoms with Crippen molar-refractivity contribution in [2.24, 2.45) is 11.8 Å². The summed E-state index contributed by atoms with van der Waals surface area (Å²) < 4.78 is 0. The Bertz CT molecular complexity index is 345. The van der Waals surface area contributed by atoms with Crippen LogP contribution < -0.4 is 10.6 Å². The summed E-state index contributed by atoms with van der Waals surface area (Å²) in [6, 6.07) is -0.524. The lowest BCUT2D eigenvalue weighted by molar-refractivity contribution is -0.142. The molecule has 2 unspecified atom stereocenters. The molecule has 0 radical (unpaired) electrons. The Morgan fingerprint density at radius 2 is 2.00 bits per heavy atom. The average Bonchev–Trinajstić information content (AvgIpc) is 2.59. The van der Waals surface area contributed by atoms with Gasteiger partial charge >= 0.3 is 12.0 Å². The van der Waals surface area contributed by atoms with Gasteiger partial charge in [0.2, 0.25) is 5.91 Å². The van der Waals surface area contributed by atoms with Gasteiger partial charge in [0.1, 0.15) is 0 Å². The molecular formula is C11H19N3O4. The lowest BCUT2D eigenvalue weighted by Gasteiger charge is -2.14. The van der Waals surface area contributed by atoms with Gasteiger partial charge in [0, 0.05) is 19.6 Å². The molecule has 18 heavy (non-hydrogen) atoms. The van der Waals surface area contributed by atoms with Gasteiger partial charge in [-0.2, -0.15) is 0 Å². The zero-order valence-corrected chi connectivity index (χ0v) is 10.6. The average molecular weight is 257 g/mol. The number of imide groups is 1. The van der Waals surface area contributed by atoms with Crippen LogP contribution >= 0.6 is 0 Å². The Morgan fingerprint density at radius 1 is 1.33 bits per heavy atom. The number of nitrogens with one attached hydrogen (secondary N) is 2. The second kappa shape index (κ2) is 6.34. The highest BCUT2D eigenvalue weighted by Crippen LogP contribution is 2.22. The van der Waals surface area contributed by atoms with Crippen LogP contribution in [-0.4, -0.2) is 54.1 Å². The molecule has 2 atom stereocenters. The van der Waals surface area contributed by atoms with E-state index in [2.05, 4.69) is 10.6 Å². The van der Waals surface area contributed by atoms with E-state index in [0.717, 1.165) is 0 Å². The van der Waals surface area contributed by atoms with E-state index < -0.39 is 23.8 Å². The van der Waals surface area contributed by atoms with E-state index in [1.165, 1.54) is 0 Å². The maximum atomic E-state index is 11.5. The summed E-state index contributed by atoms with van der Waals surface area (Å²) in [5, 5.41) is 13.6. The molecule has 0 aromatic heterocycles. The van der Waals surface area contributed by atoms with Crippen molar-refractivity contribution in [3.05, 3.63) is 0 Å². The SMILES string of the molecule is CCNC(=O)NC(=O)CN1CC(C)C(C(=O)O)C1. The van der Waals surface area contributed by atoms with E-state index in [4.69, 9.17) is 5.11 Å². The number of carboxylic acids is 1. The van der Waals surface area contributed by atoms with Crippen LogP contribution in [0.25, 0.3) is 0 Å². The molecule has 1 saturated heterocycles. The standard InChI is InChI=1S/C11H19N3O4/c1-3-12-11(18)13-9(15)6-14-4-7(2)8(5-14)10(16)17/h7-8H,3-6H2,1-2H3,(H,16,17)(H2,12,13,15,18). The molecule has 0 bridgehead atoms. The van der Waals surface area contributed by atoms with Crippen LogP contribution in [0.15, 0.2) is 0 Å². The van der Waals surface area contributed by atoms with Gasteiger partial charge in [-0.1, -0.05) is 6.92 Å². The number of nitrogens with zero attached hydrogens (tertiary/aromatic N) is 1. The monoisotopic (exact) mass is 257 g/mol. The molecular weight excluding hydrogens is 238 g/mol. The Labute approximate surface area is 106 Å². The van der Waals surface area contributed by atoms with E-state index in [0.29, 0.717) is 19.6 Å².